The molecule has 1 amide bonds. The van der Waals surface area contributed by atoms with Crippen LogP contribution in [0.2, 0.25) is 0 Å². The predicted octanol–water partition coefficient (Wildman–Crippen LogP) is 2.24. The number of ether oxygens (including phenoxy) is 1. The quantitative estimate of drug-likeness (QED) is 0.830. The van der Waals surface area contributed by atoms with Crippen molar-refractivity contribution in [2.45, 2.75) is 17.9 Å². The average molecular weight is 288 g/mol. The highest BCUT2D eigenvalue weighted by atomic mass is 32.1. The number of hydrogen-bond acceptors (Lipinski definition) is 4. The lowest BCUT2D eigenvalue weighted by Gasteiger charge is -2.06. The molecule has 0 saturated carbocycles. The van der Waals surface area contributed by atoms with E-state index in [1.54, 1.807) is 19.4 Å². The highest BCUT2D eigenvalue weighted by Crippen LogP contribution is 2.09. The fourth-order valence-corrected chi connectivity index (χ4v) is 1.88. The number of amides is 1. The van der Waals surface area contributed by atoms with Gasteiger partial charge in [-0.1, -0.05) is 12.1 Å². The molecule has 1 aromatic carbocycles. The molecule has 0 aliphatic heterocycles. The van der Waals surface area contributed by atoms with Gasteiger partial charge in [-0.3, -0.25) is 4.79 Å². The molecule has 0 unspecified atom stereocenters. The first-order valence-electron chi connectivity index (χ1n) is 6.21. The van der Waals surface area contributed by atoms with Crippen LogP contribution >= 0.6 is 12.6 Å². The van der Waals surface area contributed by atoms with E-state index < -0.39 is 0 Å². The van der Waals surface area contributed by atoms with E-state index in [1.807, 2.05) is 30.3 Å². The third-order valence-corrected chi connectivity index (χ3v) is 3.10. The van der Waals surface area contributed by atoms with Crippen LogP contribution in [0.4, 0.5) is 0 Å². The first-order chi connectivity index (χ1) is 9.67. The first kappa shape index (κ1) is 14.4. The second-order valence-electron chi connectivity index (χ2n) is 4.33. The summed E-state index contributed by atoms with van der Waals surface area (Å²) in [6, 6.07) is 11.2. The van der Waals surface area contributed by atoms with Gasteiger partial charge in [0.15, 0.2) is 0 Å². The minimum absolute atomic E-state index is 0.0207. The van der Waals surface area contributed by atoms with E-state index in [4.69, 9.17) is 4.74 Å². The Hall–Kier alpha value is -2.01. The molecule has 0 spiro atoms. The molecule has 0 fully saturated rings. The number of carbonyl (C=O) groups excluding carboxylic acids is 1. The van der Waals surface area contributed by atoms with Gasteiger partial charge in [0.25, 0.3) is 0 Å². The predicted molar refractivity (Wildman–Crippen MR) is 80.0 cm³/mol. The minimum Gasteiger partial charge on any atom is -0.481 e. The molecule has 1 N–H and O–H groups in total. The van der Waals surface area contributed by atoms with E-state index in [2.05, 4.69) is 22.9 Å². The third kappa shape index (κ3) is 4.28. The number of aromatic nitrogens is 1. The van der Waals surface area contributed by atoms with Gasteiger partial charge in [0.2, 0.25) is 11.8 Å². The molecule has 1 aromatic heterocycles. The maximum atomic E-state index is 11.8. The van der Waals surface area contributed by atoms with Crippen LogP contribution in [0.1, 0.15) is 11.1 Å². The van der Waals surface area contributed by atoms with E-state index in [0.29, 0.717) is 18.8 Å². The number of rotatable bonds is 5. The van der Waals surface area contributed by atoms with Gasteiger partial charge in [0.1, 0.15) is 0 Å². The highest BCUT2D eigenvalue weighted by molar-refractivity contribution is 7.80. The molecule has 0 saturated heterocycles. The van der Waals surface area contributed by atoms with Crippen LogP contribution in [0, 0.1) is 0 Å². The van der Waals surface area contributed by atoms with Crippen LogP contribution in [0.15, 0.2) is 47.5 Å². The molecule has 4 nitrogen and oxygen atoms in total. The van der Waals surface area contributed by atoms with Crippen molar-refractivity contribution in [3.8, 4) is 5.88 Å². The number of pyridine rings is 1. The molecule has 2 rings (SSSR count). The number of nitrogens with zero attached hydrogens (tertiary/aromatic N) is 1. The molecule has 1 heterocycles. The van der Waals surface area contributed by atoms with Crippen LogP contribution < -0.4 is 10.1 Å². The summed E-state index contributed by atoms with van der Waals surface area (Å²) in [6.45, 7) is 0.461. The zero-order valence-electron chi connectivity index (χ0n) is 11.2. The largest absolute Gasteiger partial charge is 0.481 e. The van der Waals surface area contributed by atoms with E-state index in [-0.39, 0.29) is 5.91 Å². The number of hydrogen-bond donors (Lipinski definition) is 2. The Labute approximate surface area is 123 Å². The smallest absolute Gasteiger partial charge is 0.224 e. The van der Waals surface area contributed by atoms with Gasteiger partial charge in [-0.15, -0.1) is 12.6 Å². The molecule has 0 bridgehead atoms. The SMILES string of the molecule is COc1cc(CNC(=O)Cc2ccc(S)cc2)ccn1. The van der Waals surface area contributed by atoms with E-state index >= 15 is 0 Å². The first-order valence-corrected chi connectivity index (χ1v) is 6.65. The van der Waals surface area contributed by atoms with E-state index in [1.165, 1.54) is 0 Å². The molecule has 5 heteroatoms. The molecule has 104 valence electrons. The van der Waals surface area contributed by atoms with E-state index in [9.17, 15) is 4.79 Å². The zero-order valence-corrected chi connectivity index (χ0v) is 12.1. The lowest BCUT2D eigenvalue weighted by Crippen LogP contribution is -2.24. The standard InChI is InChI=1S/C15H16N2O2S/c1-19-15-9-12(6-7-16-15)10-17-14(18)8-11-2-4-13(20)5-3-11/h2-7,9,20H,8,10H2,1H3,(H,17,18). The van der Waals surface area contributed by atoms with Crippen molar-refractivity contribution in [2.75, 3.05) is 7.11 Å². The third-order valence-electron chi connectivity index (χ3n) is 2.80. The lowest BCUT2D eigenvalue weighted by molar-refractivity contribution is -0.120. The van der Waals surface area contributed by atoms with Crippen LogP contribution in [0.3, 0.4) is 0 Å². The van der Waals surface area contributed by atoms with Gasteiger partial charge in [-0.05, 0) is 29.3 Å². The van der Waals surface area contributed by atoms with Crippen LogP contribution in [-0.4, -0.2) is 18.0 Å². The number of thiol groups is 1. The lowest BCUT2D eigenvalue weighted by atomic mass is 10.1. The summed E-state index contributed by atoms with van der Waals surface area (Å²) in [7, 11) is 1.57. The van der Waals surface area contributed by atoms with Gasteiger partial charge in [-0.2, -0.15) is 0 Å². The minimum atomic E-state index is -0.0207. The monoisotopic (exact) mass is 288 g/mol. The summed E-state index contributed by atoms with van der Waals surface area (Å²) in [5.74, 6) is 0.522. The Bertz CT molecular complexity index is 585. The molecule has 0 aliphatic rings. The van der Waals surface area contributed by atoms with Gasteiger partial charge >= 0.3 is 0 Å². The average Bonchev–Trinajstić information content (AvgIpc) is 2.48. The Morgan fingerprint density at radius 2 is 2.00 bits per heavy atom. The molecular formula is C15H16N2O2S. The molecular weight excluding hydrogens is 272 g/mol. The molecule has 0 radical (unpaired) electrons. The van der Waals surface area contributed by atoms with Crippen molar-refractivity contribution >= 4 is 18.5 Å². The Morgan fingerprint density at radius 3 is 2.70 bits per heavy atom. The fourth-order valence-electron chi connectivity index (χ4n) is 1.73. The number of methoxy groups -OCH3 is 1. The summed E-state index contributed by atoms with van der Waals surface area (Å²) in [5.41, 5.74) is 1.92. The van der Waals surface area contributed by atoms with Crippen LogP contribution in [-0.2, 0) is 17.8 Å². The summed E-state index contributed by atoms with van der Waals surface area (Å²) in [5, 5.41) is 2.87. The second-order valence-corrected chi connectivity index (χ2v) is 4.84. The molecule has 0 atom stereocenters. The van der Waals surface area contributed by atoms with Crippen molar-refractivity contribution in [1.29, 1.82) is 0 Å². The maximum Gasteiger partial charge on any atom is 0.224 e. The Morgan fingerprint density at radius 1 is 1.25 bits per heavy atom. The summed E-state index contributed by atoms with van der Waals surface area (Å²) in [4.78, 5) is 16.8. The highest BCUT2D eigenvalue weighted by Gasteiger charge is 2.04. The van der Waals surface area contributed by atoms with Crippen LogP contribution in [0.5, 0.6) is 5.88 Å². The molecule has 0 aliphatic carbocycles. The zero-order chi connectivity index (χ0) is 14.4. The van der Waals surface area contributed by atoms with Crippen molar-refractivity contribution in [3.05, 3.63) is 53.7 Å². The van der Waals surface area contributed by atoms with Gasteiger partial charge in [0, 0.05) is 23.7 Å². The molecule has 20 heavy (non-hydrogen) atoms. The van der Waals surface area contributed by atoms with Gasteiger partial charge in [0.05, 0.1) is 13.5 Å². The van der Waals surface area contributed by atoms with Crippen molar-refractivity contribution in [2.24, 2.45) is 0 Å². The van der Waals surface area contributed by atoms with Gasteiger partial charge in [-0.25, -0.2) is 4.98 Å². The van der Waals surface area contributed by atoms with Gasteiger partial charge < -0.3 is 10.1 Å². The topological polar surface area (TPSA) is 51.2 Å². The van der Waals surface area contributed by atoms with Crippen molar-refractivity contribution in [3.63, 3.8) is 0 Å². The number of carbonyl (C=O) groups is 1. The Balaban J connectivity index is 1.87. The fraction of sp³-hybridized carbons (Fsp3) is 0.200. The number of nitrogens with one attached hydrogen (secondary N) is 1. The summed E-state index contributed by atoms with van der Waals surface area (Å²) >= 11 is 4.21. The van der Waals surface area contributed by atoms with E-state index in [0.717, 1.165) is 16.0 Å². The molecule has 2 aromatic rings. The normalized spacial score (nSPS) is 10.1. The maximum absolute atomic E-state index is 11.8. The summed E-state index contributed by atoms with van der Waals surface area (Å²) < 4.78 is 5.04. The number of benzene rings is 1. The Kier molecular flexibility index (Phi) is 5.01. The van der Waals surface area contributed by atoms with Crippen molar-refractivity contribution in [1.82, 2.24) is 10.3 Å². The summed E-state index contributed by atoms with van der Waals surface area (Å²) in [6.07, 6.45) is 2.02. The second kappa shape index (κ2) is 6.96. The van der Waals surface area contributed by atoms with Crippen molar-refractivity contribution < 1.29 is 9.53 Å². The van der Waals surface area contributed by atoms with Crippen LogP contribution in [0.25, 0.3) is 0 Å².